The SMILES string of the molecule is COc1c(F)c(F)c(C(=O)Nc2cccc(-c3nc4ccccc4o3)c2C)c(F)c1F. The van der Waals surface area contributed by atoms with Gasteiger partial charge >= 0.3 is 0 Å². The molecule has 1 aromatic heterocycles. The van der Waals surface area contributed by atoms with Crippen LogP contribution in [0.2, 0.25) is 0 Å². The van der Waals surface area contributed by atoms with E-state index >= 15 is 0 Å². The van der Waals surface area contributed by atoms with Crippen LogP contribution in [0.15, 0.2) is 46.9 Å². The van der Waals surface area contributed by atoms with Crippen LogP contribution in [-0.2, 0) is 0 Å². The number of hydrogen-bond acceptors (Lipinski definition) is 4. The van der Waals surface area contributed by atoms with Crippen LogP contribution in [0.1, 0.15) is 15.9 Å². The number of benzene rings is 3. The summed E-state index contributed by atoms with van der Waals surface area (Å²) in [5.74, 6) is -9.67. The van der Waals surface area contributed by atoms with Gasteiger partial charge in [0.2, 0.25) is 17.5 Å². The molecule has 0 aliphatic rings. The lowest BCUT2D eigenvalue weighted by Crippen LogP contribution is -2.19. The number of anilines is 1. The van der Waals surface area contributed by atoms with E-state index in [4.69, 9.17) is 4.42 Å². The second kappa shape index (κ2) is 7.75. The highest BCUT2D eigenvalue weighted by molar-refractivity contribution is 6.05. The maximum Gasteiger partial charge on any atom is 0.261 e. The average molecular weight is 430 g/mol. The number of halogens is 4. The number of carbonyl (C=O) groups excluding carboxylic acids is 1. The van der Waals surface area contributed by atoms with E-state index in [1.165, 1.54) is 6.07 Å². The molecule has 0 bridgehead atoms. The summed E-state index contributed by atoms with van der Waals surface area (Å²) >= 11 is 0. The Morgan fingerprint density at radius 1 is 0.968 bits per heavy atom. The number of aromatic nitrogens is 1. The van der Waals surface area contributed by atoms with Gasteiger partial charge in [-0.15, -0.1) is 0 Å². The largest absolute Gasteiger partial charge is 0.491 e. The Bertz CT molecular complexity index is 1270. The van der Waals surface area contributed by atoms with E-state index in [-0.39, 0.29) is 11.6 Å². The van der Waals surface area contributed by atoms with Gasteiger partial charge in [0.15, 0.2) is 23.0 Å². The second-order valence-corrected chi connectivity index (χ2v) is 6.58. The van der Waals surface area contributed by atoms with Crippen molar-refractivity contribution in [3.05, 3.63) is 76.9 Å². The van der Waals surface area contributed by atoms with Gasteiger partial charge in [-0.1, -0.05) is 18.2 Å². The number of ether oxygens (including phenoxy) is 1. The summed E-state index contributed by atoms with van der Waals surface area (Å²) in [6.07, 6.45) is 0. The van der Waals surface area contributed by atoms with Crippen LogP contribution in [0, 0.1) is 30.2 Å². The number of amides is 1. The topological polar surface area (TPSA) is 64.4 Å². The number of fused-ring (bicyclic) bond motifs is 1. The molecule has 4 rings (SSSR count). The van der Waals surface area contributed by atoms with E-state index in [1.807, 2.05) is 0 Å². The first-order valence-corrected chi connectivity index (χ1v) is 9.00. The monoisotopic (exact) mass is 430 g/mol. The number of carbonyl (C=O) groups is 1. The van der Waals surface area contributed by atoms with Gasteiger partial charge in [0.25, 0.3) is 5.91 Å². The highest BCUT2D eigenvalue weighted by Gasteiger charge is 2.30. The van der Waals surface area contributed by atoms with Gasteiger partial charge in [0.1, 0.15) is 11.1 Å². The van der Waals surface area contributed by atoms with Crippen molar-refractivity contribution in [2.45, 2.75) is 6.92 Å². The third-order valence-corrected chi connectivity index (χ3v) is 4.76. The van der Waals surface area contributed by atoms with Crippen molar-refractivity contribution >= 4 is 22.7 Å². The molecule has 0 radical (unpaired) electrons. The molecule has 0 aliphatic heterocycles. The zero-order chi connectivity index (χ0) is 22.3. The highest BCUT2D eigenvalue weighted by Crippen LogP contribution is 2.33. The summed E-state index contributed by atoms with van der Waals surface area (Å²) in [6.45, 7) is 1.63. The first kappa shape index (κ1) is 20.4. The second-order valence-electron chi connectivity index (χ2n) is 6.58. The van der Waals surface area contributed by atoms with Crippen LogP contribution in [-0.4, -0.2) is 18.0 Å². The number of para-hydroxylation sites is 2. The molecular formula is C22H14F4N2O3. The van der Waals surface area contributed by atoms with Crippen LogP contribution >= 0.6 is 0 Å². The number of hydrogen-bond donors (Lipinski definition) is 1. The van der Waals surface area contributed by atoms with Crippen molar-refractivity contribution < 1.29 is 31.5 Å². The summed E-state index contributed by atoms with van der Waals surface area (Å²) in [5.41, 5.74) is 0.918. The summed E-state index contributed by atoms with van der Waals surface area (Å²) in [4.78, 5) is 16.9. The molecule has 1 heterocycles. The number of methoxy groups -OCH3 is 1. The van der Waals surface area contributed by atoms with Crippen molar-refractivity contribution in [3.8, 4) is 17.2 Å². The van der Waals surface area contributed by atoms with Crippen LogP contribution in [0.3, 0.4) is 0 Å². The zero-order valence-electron chi connectivity index (χ0n) is 16.2. The van der Waals surface area contributed by atoms with Crippen LogP contribution < -0.4 is 10.1 Å². The maximum absolute atomic E-state index is 14.3. The zero-order valence-corrected chi connectivity index (χ0v) is 16.2. The Morgan fingerprint density at radius 2 is 1.65 bits per heavy atom. The molecule has 3 aromatic carbocycles. The highest BCUT2D eigenvalue weighted by atomic mass is 19.2. The minimum atomic E-state index is -1.86. The third kappa shape index (κ3) is 3.37. The molecule has 9 heteroatoms. The molecule has 0 fully saturated rings. The Balaban J connectivity index is 1.73. The van der Waals surface area contributed by atoms with E-state index in [1.54, 1.807) is 43.3 Å². The first-order valence-electron chi connectivity index (χ1n) is 9.00. The molecule has 158 valence electrons. The maximum atomic E-state index is 14.3. The minimum Gasteiger partial charge on any atom is -0.491 e. The van der Waals surface area contributed by atoms with E-state index in [0.29, 0.717) is 22.2 Å². The fourth-order valence-electron chi connectivity index (χ4n) is 3.17. The molecule has 0 spiro atoms. The third-order valence-electron chi connectivity index (χ3n) is 4.76. The molecule has 0 unspecified atom stereocenters. The minimum absolute atomic E-state index is 0.153. The molecule has 1 N–H and O–H groups in total. The first-order chi connectivity index (χ1) is 14.8. The summed E-state index contributed by atoms with van der Waals surface area (Å²) in [7, 11) is 0.848. The molecule has 0 atom stereocenters. The fraction of sp³-hybridized carbons (Fsp3) is 0.0909. The predicted octanol–water partition coefficient (Wildman–Crippen LogP) is 5.62. The van der Waals surface area contributed by atoms with Crippen molar-refractivity contribution in [2.75, 3.05) is 12.4 Å². The lowest BCUT2D eigenvalue weighted by atomic mass is 10.1. The van der Waals surface area contributed by atoms with Crippen LogP contribution in [0.4, 0.5) is 23.2 Å². The Morgan fingerprint density at radius 3 is 2.29 bits per heavy atom. The molecule has 1 amide bonds. The van der Waals surface area contributed by atoms with Crippen LogP contribution in [0.25, 0.3) is 22.6 Å². The van der Waals surface area contributed by atoms with Crippen LogP contribution in [0.5, 0.6) is 5.75 Å². The number of oxazole rings is 1. The fourth-order valence-corrected chi connectivity index (χ4v) is 3.17. The van der Waals surface area contributed by atoms with Crippen molar-refractivity contribution in [2.24, 2.45) is 0 Å². The van der Waals surface area contributed by atoms with Gasteiger partial charge in [0, 0.05) is 11.3 Å². The quantitative estimate of drug-likeness (QED) is 0.337. The normalized spacial score (nSPS) is 11.0. The number of rotatable bonds is 4. The molecule has 5 nitrogen and oxygen atoms in total. The number of nitrogens with zero attached hydrogens (tertiary/aromatic N) is 1. The predicted molar refractivity (Wildman–Crippen MR) is 105 cm³/mol. The van der Waals surface area contributed by atoms with Gasteiger partial charge in [-0.25, -0.2) is 13.8 Å². The van der Waals surface area contributed by atoms with Crippen molar-refractivity contribution in [1.29, 1.82) is 0 Å². The van der Waals surface area contributed by atoms with Gasteiger partial charge < -0.3 is 14.5 Å². The van der Waals surface area contributed by atoms with Gasteiger partial charge in [-0.05, 0) is 36.8 Å². The molecule has 4 aromatic rings. The van der Waals surface area contributed by atoms with Crippen molar-refractivity contribution in [3.63, 3.8) is 0 Å². The van der Waals surface area contributed by atoms with E-state index in [9.17, 15) is 22.4 Å². The summed E-state index contributed by atoms with van der Waals surface area (Å²) in [5, 5.41) is 2.28. The molecule has 31 heavy (non-hydrogen) atoms. The van der Waals surface area contributed by atoms with E-state index in [0.717, 1.165) is 7.11 Å². The summed E-state index contributed by atoms with van der Waals surface area (Å²) < 4.78 is 66.5. The lowest BCUT2D eigenvalue weighted by molar-refractivity contribution is 0.101. The lowest BCUT2D eigenvalue weighted by Gasteiger charge is -2.13. The standard InChI is InChI=1S/C22H14F4N2O3/c1-10-11(22-28-13-7-3-4-9-14(13)31-22)6-5-8-12(10)27-21(29)15-16(23)18(25)20(30-2)19(26)17(15)24/h3-9H,1-2H3,(H,27,29). The van der Waals surface area contributed by atoms with Gasteiger partial charge in [0.05, 0.1) is 7.11 Å². The summed E-state index contributed by atoms with van der Waals surface area (Å²) in [6, 6.07) is 11.8. The number of nitrogens with one attached hydrogen (secondary N) is 1. The Kier molecular flexibility index (Phi) is 5.10. The van der Waals surface area contributed by atoms with Crippen molar-refractivity contribution in [1.82, 2.24) is 4.98 Å². The molecule has 0 aliphatic carbocycles. The van der Waals surface area contributed by atoms with Gasteiger partial charge in [-0.2, -0.15) is 8.78 Å². The Labute approximate surface area is 173 Å². The van der Waals surface area contributed by atoms with E-state index in [2.05, 4.69) is 15.0 Å². The van der Waals surface area contributed by atoms with Gasteiger partial charge in [-0.3, -0.25) is 4.79 Å². The molecule has 0 saturated carbocycles. The molecular weight excluding hydrogens is 416 g/mol. The Hall–Kier alpha value is -3.88. The molecule has 0 saturated heterocycles. The average Bonchev–Trinajstić information content (AvgIpc) is 3.18. The smallest absolute Gasteiger partial charge is 0.261 e. The van der Waals surface area contributed by atoms with E-state index < -0.39 is 40.5 Å².